The van der Waals surface area contributed by atoms with Crippen LogP contribution in [0.15, 0.2) is 34.8 Å². The van der Waals surface area contributed by atoms with Gasteiger partial charge in [-0.2, -0.15) is 0 Å². The number of phenolic OH excluding ortho intramolecular Hbond substituents is 2. The Bertz CT molecular complexity index is 686. The molecule has 2 rings (SSSR count). The topological polar surface area (TPSA) is 95.6 Å². The van der Waals surface area contributed by atoms with E-state index >= 15 is 0 Å². The monoisotopic (exact) mass is 336 g/mol. The minimum Gasteiger partial charge on any atom is -0.508 e. The molecule has 104 valence electrons. The van der Waals surface area contributed by atoms with Gasteiger partial charge >= 0.3 is 0 Å². The lowest BCUT2D eigenvalue weighted by Gasteiger charge is -2.11. The third-order valence-corrected chi connectivity index (χ3v) is 3.49. The first kappa shape index (κ1) is 14.2. The molecule has 0 aliphatic carbocycles. The van der Waals surface area contributed by atoms with Gasteiger partial charge in [-0.3, -0.25) is 4.79 Å². The summed E-state index contributed by atoms with van der Waals surface area (Å²) in [7, 11) is 0. The largest absolute Gasteiger partial charge is 0.508 e. The Hall–Kier alpha value is -2.21. The molecule has 0 aliphatic heterocycles. The summed E-state index contributed by atoms with van der Waals surface area (Å²) in [4.78, 5) is 12.1. The van der Waals surface area contributed by atoms with E-state index in [1.54, 1.807) is 12.1 Å². The van der Waals surface area contributed by atoms with Gasteiger partial charge in [0.15, 0.2) is 0 Å². The molecule has 0 saturated carbocycles. The van der Waals surface area contributed by atoms with Crippen LogP contribution in [0.1, 0.15) is 15.9 Å². The Labute approximate surface area is 124 Å². The molecule has 0 heterocycles. The number of carbonyl (C=O) groups excluding carboxylic acids is 1. The van der Waals surface area contributed by atoms with E-state index in [-0.39, 0.29) is 17.1 Å². The SMILES string of the molecule is Cc1cc(Br)c(NC(=O)c2ccc(O)cc2O)cc1N. The predicted octanol–water partition coefficient (Wildman–Crippen LogP) is 3.00. The molecule has 1 amide bonds. The van der Waals surface area contributed by atoms with Crippen LogP contribution >= 0.6 is 15.9 Å². The van der Waals surface area contributed by atoms with Crippen molar-refractivity contribution in [3.8, 4) is 11.5 Å². The highest BCUT2D eigenvalue weighted by Crippen LogP contribution is 2.29. The van der Waals surface area contributed by atoms with Gasteiger partial charge in [-0.1, -0.05) is 0 Å². The Morgan fingerprint density at radius 1 is 1.25 bits per heavy atom. The fourth-order valence-corrected chi connectivity index (χ4v) is 2.24. The minimum absolute atomic E-state index is 0.0637. The molecule has 6 heteroatoms. The van der Waals surface area contributed by atoms with Crippen molar-refractivity contribution in [2.24, 2.45) is 0 Å². The first-order chi connectivity index (χ1) is 9.38. The molecular weight excluding hydrogens is 324 g/mol. The van der Waals surface area contributed by atoms with Gasteiger partial charge in [0.05, 0.1) is 11.3 Å². The zero-order valence-electron chi connectivity index (χ0n) is 10.6. The second-order valence-electron chi connectivity index (χ2n) is 4.34. The maximum Gasteiger partial charge on any atom is 0.259 e. The summed E-state index contributed by atoms with van der Waals surface area (Å²) < 4.78 is 0.691. The highest BCUT2D eigenvalue weighted by atomic mass is 79.9. The first-order valence-electron chi connectivity index (χ1n) is 5.77. The Balaban J connectivity index is 2.30. The van der Waals surface area contributed by atoms with Crippen LogP contribution in [-0.4, -0.2) is 16.1 Å². The van der Waals surface area contributed by atoms with Gasteiger partial charge in [0, 0.05) is 16.2 Å². The summed E-state index contributed by atoms with van der Waals surface area (Å²) in [6.45, 7) is 1.86. The number of hydrogen-bond acceptors (Lipinski definition) is 4. The summed E-state index contributed by atoms with van der Waals surface area (Å²) in [6, 6.07) is 7.20. The lowest BCUT2D eigenvalue weighted by Crippen LogP contribution is -2.13. The number of phenols is 2. The summed E-state index contributed by atoms with van der Waals surface area (Å²) in [5.41, 5.74) is 7.81. The number of rotatable bonds is 2. The maximum atomic E-state index is 12.1. The molecule has 20 heavy (non-hydrogen) atoms. The molecule has 5 nitrogen and oxygen atoms in total. The number of nitrogens with two attached hydrogens (primary N) is 1. The molecule has 0 saturated heterocycles. The lowest BCUT2D eigenvalue weighted by atomic mass is 10.1. The number of carbonyl (C=O) groups is 1. The van der Waals surface area contributed by atoms with Gasteiger partial charge in [0.1, 0.15) is 11.5 Å². The van der Waals surface area contributed by atoms with Crippen molar-refractivity contribution >= 4 is 33.2 Å². The van der Waals surface area contributed by atoms with Crippen LogP contribution in [0.25, 0.3) is 0 Å². The Morgan fingerprint density at radius 3 is 2.60 bits per heavy atom. The van der Waals surface area contributed by atoms with E-state index in [0.717, 1.165) is 11.6 Å². The smallest absolute Gasteiger partial charge is 0.259 e. The average molecular weight is 337 g/mol. The number of nitrogens with one attached hydrogen (secondary N) is 1. The van der Waals surface area contributed by atoms with E-state index in [4.69, 9.17) is 5.73 Å². The fraction of sp³-hybridized carbons (Fsp3) is 0.0714. The number of aryl methyl sites for hydroxylation is 1. The van der Waals surface area contributed by atoms with Crippen molar-refractivity contribution in [2.75, 3.05) is 11.1 Å². The second kappa shape index (κ2) is 5.42. The summed E-state index contributed by atoms with van der Waals surface area (Å²) in [6.07, 6.45) is 0. The zero-order valence-corrected chi connectivity index (χ0v) is 12.2. The molecule has 0 spiro atoms. The van der Waals surface area contributed by atoms with Crippen molar-refractivity contribution in [3.63, 3.8) is 0 Å². The molecule has 0 bridgehead atoms. The number of benzene rings is 2. The molecular formula is C14H13BrN2O3. The van der Waals surface area contributed by atoms with Crippen molar-refractivity contribution in [2.45, 2.75) is 6.92 Å². The third kappa shape index (κ3) is 2.85. The molecule has 5 N–H and O–H groups in total. The number of hydrogen-bond donors (Lipinski definition) is 4. The van der Waals surface area contributed by atoms with Gasteiger partial charge in [0.25, 0.3) is 5.91 Å². The van der Waals surface area contributed by atoms with E-state index in [1.165, 1.54) is 12.1 Å². The Kier molecular flexibility index (Phi) is 3.85. The van der Waals surface area contributed by atoms with Crippen LogP contribution < -0.4 is 11.1 Å². The molecule has 0 radical (unpaired) electrons. The van der Waals surface area contributed by atoms with E-state index in [2.05, 4.69) is 21.2 Å². The predicted molar refractivity (Wildman–Crippen MR) is 81.0 cm³/mol. The van der Waals surface area contributed by atoms with E-state index in [9.17, 15) is 15.0 Å². The Morgan fingerprint density at radius 2 is 1.95 bits per heavy atom. The third-order valence-electron chi connectivity index (χ3n) is 2.83. The van der Waals surface area contributed by atoms with Crippen molar-refractivity contribution in [1.29, 1.82) is 0 Å². The maximum absolute atomic E-state index is 12.1. The van der Waals surface area contributed by atoms with Crippen molar-refractivity contribution in [1.82, 2.24) is 0 Å². The molecule has 0 unspecified atom stereocenters. The van der Waals surface area contributed by atoms with Crippen LogP contribution in [0.4, 0.5) is 11.4 Å². The van der Waals surface area contributed by atoms with Crippen LogP contribution in [0, 0.1) is 6.92 Å². The molecule has 2 aromatic rings. The van der Waals surface area contributed by atoms with Crippen molar-refractivity contribution in [3.05, 3.63) is 45.9 Å². The summed E-state index contributed by atoms with van der Waals surface area (Å²) in [5.74, 6) is -0.898. The highest BCUT2D eigenvalue weighted by molar-refractivity contribution is 9.10. The number of aromatic hydroxyl groups is 2. The lowest BCUT2D eigenvalue weighted by molar-refractivity contribution is 0.102. The van der Waals surface area contributed by atoms with E-state index in [1.807, 2.05) is 6.92 Å². The fourth-order valence-electron chi connectivity index (χ4n) is 1.69. The first-order valence-corrected chi connectivity index (χ1v) is 6.56. The van der Waals surface area contributed by atoms with Crippen LogP contribution in [-0.2, 0) is 0 Å². The van der Waals surface area contributed by atoms with Gasteiger partial charge in [-0.25, -0.2) is 0 Å². The normalized spacial score (nSPS) is 10.3. The number of nitrogen functional groups attached to an aromatic ring is 1. The molecule has 0 atom stereocenters. The van der Waals surface area contributed by atoms with Gasteiger partial charge < -0.3 is 21.3 Å². The molecule has 0 fully saturated rings. The second-order valence-corrected chi connectivity index (χ2v) is 5.20. The zero-order chi connectivity index (χ0) is 14.9. The van der Waals surface area contributed by atoms with Crippen LogP contribution in [0.3, 0.4) is 0 Å². The number of halogens is 1. The molecule has 0 aromatic heterocycles. The van der Waals surface area contributed by atoms with Gasteiger partial charge in [-0.15, -0.1) is 0 Å². The summed E-state index contributed by atoms with van der Waals surface area (Å²) >= 11 is 3.34. The minimum atomic E-state index is -0.494. The number of amides is 1. The van der Waals surface area contributed by atoms with E-state index in [0.29, 0.717) is 15.8 Å². The van der Waals surface area contributed by atoms with Gasteiger partial charge in [-0.05, 0) is 52.7 Å². The molecule has 2 aromatic carbocycles. The van der Waals surface area contributed by atoms with Gasteiger partial charge in [0.2, 0.25) is 0 Å². The highest BCUT2D eigenvalue weighted by Gasteiger charge is 2.14. The van der Waals surface area contributed by atoms with E-state index < -0.39 is 5.91 Å². The average Bonchev–Trinajstić information content (AvgIpc) is 2.35. The quantitative estimate of drug-likeness (QED) is 0.634. The van der Waals surface area contributed by atoms with Crippen LogP contribution in [0.5, 0.6) is 11.5 Å². The molecule has 0 aliphatic rings. The standard InChI is InChI=1S/C14H13BrN2O3/c1-7-4-10(15)12(6-11(7)16)17-14(20)9-3-2-8(18)5-13(9)19/h2-6,18-19H,16H2,1H3,(H,17,20). The summed E-state index contributed by atoms with van der Waals surface area (Å²) in [5, 5.41) is 21.5. The van der Waals surface area contributed by atoms with Crippen LogP contribution in [0.2, 0.25) is 0 Å². The number of anilines is 2. The van der Waals surface area contributed by atoms with Crippen molar-refractivity contribution < 1.29 is 15.0 Å².